The SMILES string of the molecule is COc1ccc(-c2csc(CCNc3nc(Cl)nc4cc(OC)c(OC)cc34)n2)cc1. The smallest absolute Gasteiger partial charge is 0.224 e. The molecule has 2 aromatic carbocycles. The molecule has 4 aromatic rings. The van der Waals surface area contributed by atoms with Crippen LogP contribution in [0.1, 0.15) is 5.01 Å². The zero-order chi connectivity index (χ0) is 21.8. The first-order valence-electron chi connectivity index (χ1n) is 9.53. The van der Waals surface area contributed by atoms with Crippen molar-refractivity contribution < 1.29 is 14.2 Å². The van der Waals surface area contributed by atoms with Gasteiger partial charge in [-0.1, -0.05) is 0 Å². The van der Waals surface area contributed by atoms with Gasteiger partial charge in [0.25, 0.3) is 0 Å². The lowest BCUT2D eigenvalue weighted by Gasteiger charge is -2.12. The first-order valence-corrected chi connectivity index (χ1v) is 10.8. The Hall–Kier alpha value is -3.10. The summed E-state index contributed by atoms with van der Waals surface area (Å²) in [5.74, 6) is 2.66. The molecule has 0 saturated heterocycles. The Kier molecular flexibility index (Phi) is 6.39. The number of ether oxygens (including phenoxy) is 3. The summed E-state index contributed by atoms with van der Waals surface area (Å²) in [6.07, 6.45) is 0.747. The summed E-state index contributed by atoms with van der Waals surface area (Å²) in [5, 5.41) is 7.41. The molecule has 4 rings (SSSR count). The summed E-state index contributed by atoms with van der Waals surface area (Å²) < 4.78 is 16.0. The maximum Gasteiger partial charge on any atom is 0.224 e. The van der Waals surface area contributed by atoms with Crippen LogP contribution in [-0.2, 0) is 6.42 Å². The standard InChI is InChI=1S/C22H21ClN4O3S/c1-28-14-6-4-13(5-7-14)17-12-31-20(25-17)8-9-24-21-15-10-18(29-2)19(30-3)11-16(15)26-22(23)27-21/h4-7,10-12H,8-9H2,1-3H3,(H,24,26,27). The summed E-state index contributed by atoms with van der Waals surface area (Å²) in [7, 11) is 4.83. The number of nitrogens with one attached hydrogen (secondary N) is 1. The number of hydrogen-bond acceptors (Lipinski definition) is 8. The summed E-state index contributed by atoms with van der Waals surface area (Å²) in [6.45, 7) is 0.645. The number of fused-ring (bicyclic) bond motifs is 1. The zero-order valence-corrected chi connectivity index (χ0v) is 18.9. The van der Waals surface area contributed by atoms with Gasteiger partial charge in [-0.05, 0) is 41.9 Å². The Bertz CT molecular complexity index is 1200. The zero-order valence-electron chi connectivity index (χ0n) is 17.3. The van der Waals surface area contributed by atoms with Crippen LogP contribution >= 0.6 is 22.9 Å². The first kappa shape index (κ1) is 21.1. The van der Waals surface area contributed by atoms with E-state index in [4.69, 9.17) is 30.8 Å². The van der Waals surface area contributed by atoms with Gasteiger partial charge in [0.15, 0.2) is 11.5 Å². The van der Waals surface area contributed by atoms with Crippen molar-refractivity contribution in [3.63, 3.8) is 0 Å². The third-order valence-corrected chi connectivity index (χ3v) is 5.82. The maximum absolute atomic E-state index is 6.13. The van der Waals surface area contributed by atoms with Gasteiger partial charge in [0.1, 0.15) is 11.6 Å². The van der Waals surface area contributed by atoms with E-state index in [0.717, 1.165) is 33.8 Å². The van der Waals surface area contributed by atoms with Crippen LogP contribution in [0.5, 0.6) is 17.2 Å². The van der Waals surface area contributed by atoms with E-state index in [1.165, 1.54) is 0 Å². The third kappa shape index (κ3) is 4.65. The molecule has 0 radical (unpaired) electrons. The van der Waals surface area contributed by atoms with Crippen LogP contribution in [-0.4, -0.2) is 42.8 Å². The van der Waals surface area contributed by atoms with E-state index in [0.29, 0.717) is 29.4 Å². The van der Waals surface area contributed by atoms with Crippen molar-refractivity contribution >= 4 is 39.7 Å². The highest BCUT2D eigenvalue weighted by Crippen LogP contribution is 2.34. The maximum atomic E-state index is 6.13. The molecule has 9 heteroatoms. The number of aromatic nitrogens is 3. The van der Waals surface area contributed by atoms with Crippen LogP contribution in [0.25, 0.3) is 22.2 Å². The number of thiazole rings is 1. The molecule has 7 nitrogen and oxygen atoms in total. The average molecular weight is 457 g/mol. The largest absolute Gasteiger partial charge is 0.497 e. The molecule has 0 saturated carbocycles. The number of rotatable bonds is 8. The Labute approximate surface area is 189 Å². The van der Waals surface area contributed by atoms with E-state index in [9.17, 15) is 0 Å². The molecule has 1 N–H and O–H groups in total. The minimum absolute atomic E-state index is 0.165. The van der Waals surface area contributed by atoms with Crippen molar-refractivity contribution in [2.75, 3.05) is 33.2 Å². The second-order valence-electron chi connectivity index (χ2n) is 6.60. The highest BCUT2D eigenvalue weighted by Gasteiger charge is 2.13. The van der Waals surface area contributed by atoms with Crippen LogP contribution in [0.4, 0.5) is 5.82 Å². The van der Waals surface area contributed by atoms with E-state index in [1.807, 2.05) is 30.3 Å². The topological polar surface area (TPSA) is 78.4 Å². The van der Waals surface area contributed by atoms with Crippen LogP contribution in [0.15, 0.2) is 41.8 Å². The highest BCUT2D eigenvalue weighted by molar-refractivity contribution is 7.09. The normalized spacial score (nSPS) is 10.8. The minimum atomic E-state index is 0.165. The lowest BCUT2D eigenvalue weighted by molar-refractivity contribution is 0.356. The van der Waals surface area contributed by atoms with E-state index < -0.39 is 0 Å². The number of methoxy groups -OCH3 is 3. The number of halogens is 1. The summed E-state index contributed by atoms with van der Waals surface area (Å²) in [5.41, 5.74) is 2.69. The molecular weight excluding hydrogens is 436 g/mol. The van der Waals surface area contributed by atoms with Crippen molar-refractivity contribution in [2.24, 2.45) is 0 Å². The summed E-state index contributed by atoms with van der Waals surface area (Å²) in [4.78, 5) is 13.4. The van der Waals surface area contributed by atoms with Gasteiger partial charge in [-0.2, -0.15) is 0 Å². The molecule has 2 aromatic heterocycles. The average Bonchev–Trinajstić information content (AvgIpc) is 3.27. The van der Waals surface area contributed by atoms with Crippen molar-refractivity contribution in [3.05, 3.63) is 52.1 Å². The second-order valence-corrected chi connectivity index (χ2v) is 7.88. The lowest BCUT2D eigenvalue weighted by Crippen LogP contribution is -2.07. The van der Waals surface area contributed by atoms with Crippen LogP contribution in [0.2, 0.25) is 5.28 Å². The van der Waals surface area contributed by atoms with Crippen LogP contribution < -0.4 is 19.5 Å². The number of nitrogens with zero attached hydrogens (tertiary/aromatic N) is 3. The molecule has 0 amide bonds. The van der Waals surface area contributed by atoms with Crippen molar-refractivity contribution in [1.29, 1.82) is 0 Å². The van der Waals surface area contributed by atoms with Crippen molar-refractivity contribution in [3.8, 4) is 28.5 Å². The molecule has 0 unspecified atom stereocenters. The molecule has 2 heterocycles. The van der Waals surface area contributed by atoms with Gasteiger partial charge in [0, 0.05) is 35.4 Å². The third-order valence-electron chi connectivity index (χ3n) is 4.74. The molecule has 160 valence electrons. The number of benzene rings is 2. The van der Waals surface area contributed by atoms with Gasteiger partial charge < -0.3 is 19.5 Å². The fourth-order valence-electron chi connectivity index (χ4n) is 3.17. The number of anilines is 1. The van der Waals surface area contributed by atoms with Crippen LogP contribution in [0, 0.1) is 0 Å². The molecular formula is C22H21ClN4O3S. The molecule has 0 aliphatic rings. The van der Waals surface area contributed by atoms with Crippen molar-refractivity contribution in [2.45, 2.75) is 6.42 Å². The Morgan fingerprint density at radius 3 is 2.39 bits per heavy atom. The molecule has 0 aliphatic heterocycles. The van der Waals surface area contributed by atoms with E-state index in [2.05, 4.69) is 20.7 Å². The van der Waals surface area contributed by atoms with E-state index in [1.54, 1.807) is 38.7 Å². The summed E-state index contributed by atoms with van der Waals surface area (Å²) >= 11 is 7.76. The Balaban J connectivity index is 1.49. The van der Waals surface area contributed by atoms with Crippen molar-refractivity contribution in [1.82, 2.24) is 15.0 Å². The molecule has 31 heavy (non-hydrogen) atoms. The first-order chi connectivity index (χ1) is 15.1. The van der Waals surface area contributed by atoms with Gasteiger partial charge in [-0.3, -0.25) is 0 Å². The Morgan fingerprint density at radius 2 is 1.68 bits per heavy atom. The minimum Gasteiger partial charge on any atom is -0.497 e. The van der Waals surface area contributed by atoms with Gasteiger partial charge in [-0.15, -0.1) is 11.3 Å². The molecule has 0 atom stereocenters. The Morgan fingerprint density at radius 1 is 0.935 bits per heavy atom. The fourth-order valence-corrected chi connectivity index (χ4v) is 4.15. The van der Waals surface area contributed by atoms with Gasteiger partial charge in [0.2, 0.25) is 5.28 Å². The predicted molar refractivity (Wildman–Crippen MR) is 124 cm³/mol. The monoisotopic (exact) mass is 456 g/mol. The van der Waals surface area contributed by atoms with Gasteiger partial charge in [-0.25, -0.2) is 15.0 Å². The quantitative estimate of drug-likeness (QED) is 0.370. The fraction of sp³-hybridized carbons (Fsp3) is 0.227. The second kappa shape index (κ2) is 9.36. The van der Waals surface area contributed by atoms with Gasteiger partial charge >= 0.3 is 0 Å². The highest BCUT2D eigenvalue weighted by atomic mass is 35.5. The summed E-state index contributed by atoms with van der Waals surface area (Å²) in [6, 6.07) is 11.5. The molecule has 0 fully saturated rings. The van der Waals surface area contributed by atoms with E-state index >= 15 is 0 Å². The molecule has 0 bridgehead atoms. The van der Waals surface area contributed by atoms with Crippen LogP contribution in [0.3, 0.4) is 0 Å². The van der Waals surface area contributed by atoms with E-state index in [-0.39, 0.29) is 5.28 Å². The predicted octanol–water partition coefficient (Wildman–Crippen LogP) is 5.09. The van der Waals surface area contributed by atoms with Gasteiger partial charge in [0.05, 0.1) is 37.5 Å². The molecule has 0 aliphatic carbocycles. The lowest BCUT2D eigenvalue weighted by atomic mass is 10.2. The molecule has 0 spiro atoms. The number of hydrogen-bond donors (Lipinski definition) is 1.